The molecule has 1 aliphatic heterocycles. The maximum Gasteiger partial charge on any atom is 0.127 e. The lowest BCUT2D eigenvalue weighted by atomic mass is 9.93. The van der Waals surface area contributed by atoms with Crippen molar-refractivity contribution in [1.82, 2.24) is 0 Å². The monoisotopic (exact) mass is 205 g/mol. The molecule has 0 bridgehead atoms. The van der Waals surface area contributed by atoms with Gasteiger partial charge in [0.05, 0.1) is 0 Å². The number of ether oxygens (including phenoxy) is 1. The van der Waals surface area contributed by atoms with Crippen LogP contribution in [-0.2, 0) is 6.42 Å². The van der Waals surface area contributed by atoms with Crippen molar-refractivity contribution >= 4 is 0 Å². The predicted molar refractivity (Wildman–Crippen MR) is 60.4 cm³/mol. The van der Waals surface area contributed by atoms with Crippen LogP contribution in [0.5, 0.6) is 11.5 Å². The first kappa shape index (κ1) is 10.3. The molecule has 2 nitrogen and oxygen atoms in total. The summed E-state index contributed by atoms with van der Waals surface area (Å²) < 4.78 is 5.82. The Balaban J connectivity index is 2.69. The number of benzene rings is 1. The zero-order valence-electron chi connectivity index (χ0n) is 9.77. The number of phenolic OH excluding ortho intramolecular Hbond substituents is 1. The predicted octanol–water partition coefficient (Wildman–Crippen LogP) is 2.85. The molecule has 1 heterocycles. The normalized spacial score (nSPS) is 17.4. The minimum atomic E-state index is -0.391. The molecule has 1 aliphatic rings. The highest BCUT2D eigenvalue weighted by Crippen LogP contribution is 2.44. The quantitative estimate of drug-likeness (QED) is 0.705. The Kier molecular flexibility index (Phi) is 2.00. The highest BCUT2D eigenvalue weighted by Gasteiger charge is 2.34. The van der Waals surface area contributed by atoms with E-state index in [9.17, 15) is 5.11 Å². The summed E-state index contributed by atoms with van der Waals surface area (Å²) in [4.78, 5) is 0. The Bertz CT molecular complexity index is 392. The number of rotatable bonds is 0. The van der Waals surface area contributed by atoms with Crippen LogP contribution in [0.1, 0.15) is 29.2 Å². The van der Waals surface area contributed by atoms with Gasteiger partial charge in [-0.15, -0.1) is 0 Å². The largest absolute Gasteiger partial charge is 0.507 e. The second-order valence-corrected chi connectivity index (χ2v) is 4.76. The number of phenols is 1. The first-order chi connectivity index (χ1) is 6.83. The molecule has 1 N–H and O–H groups in total. The molecule has 0 aromatic heterocycles. The van der Waals surface area contributed by atoms with Crippen LogP contribution in [0.2, 0.25) is 0 Å². The van der Waals surface area contributed by atoms with E-state index in [4.69, 9.17) is 4.74 Å². The summed E-state index contributed by atoms with van der Waals surface area (Å²) in [6.45, 7) is 11.8. The number of hydrogen-bond acceptors (Lipinski definition) is 2. The number of aromatic hydroxyl groups is 1. The molecule has 0 saturated heterocycles. The van der Waals surface area contributed by atoms with Gasteiger partial charge in [0.1, 0.15) is 17.1 Å². The molecule has 0 fully saturated rings. The zero-order chi connectivity index (χ0) is 11.4. The van der Waals surface area contributed by atoms with Crippen molar-refractivity contribution in [2.24, 2.45) is 0 Å². The molecule has 2 rings (SSSR count). The molecule has 1 atom stereocenters. The minimum Gasteiger partial charge on any atom is -0.507 e. The summed E-state index contributed by atoms with van der Waals surface area (Å²) in [7, 11) is 0. The Morgan fingerprint density at radius 1 is 1.20 bits per heavy atom. The molecular weight excluding hydrogens is 188 g/mol. The minimum absolute atomic E-state index is 0.391. The average Bonchev–Trinajstić information content (AvgIpc) is 2.48. The molecule has 1 aromatic carbocycles. The van der Waals surface area contributed by atoms with Crippen LogP contribution in [0, 0.1) is 27.7 Å². The van der Waals surface area contributed by atoms with Gasteiger partial charge in [0.2, 0.25) is 0 Å². The molecule has 15 heavy (non-hydrogen) atoms. The van der Waals surface area contributed by atoms with Crippen LogP contribution in [0.3, 0.4) is 0 Å². The van der Waals surface area contributed by atoms with E-state index >= 15 is 0 Å². The third-order valence-electron chi connectivity index (χ3n) is 3.24. The Labute approximate surface area is 90.9 Å². The number of hydrogen-bond donors (Lipinski definition) is 1. The Hall–Kier alpha value is -1.18. The van der Waals surface area contributed by atoms with Crippen molar-refractivity contribution in [3.63, 3.8) is 0 Å². The van der Waals surface area contributed by atoms with Gasteiger partial charge >= 0.3 is 0 Å². The number of fused-ring (bicyclic) bond motifs is 1. The lowest BCUT2D eigenvalue weighted by Crippen LogP contribution is -2.25. The molecule has 1 aromatic rings. The van der Waals surface area contributed by atoms with E-state index in [1.165, 1.54) is 0 Å². The maximum absolute atomic E-state index is 9.95. The van der Waals surface area contributed by atoms with E-state index in [-0.39, 0.29) is 0 Å². The van der Waals surface area contributed by atoms with Gasteiger partial charge in [-0.2, -0.15) is 0 Å². The van der Waals surface area contributed by atoms with Crippen LogP contribution in [0.4, 0.5) is 0 Å². The SMILES string of the molecule is [CH2]C1(C)Cc2c(C)c(O)c(C)c(C)c2O1. The standard InChI is InChI=1S/C13H17O2/c1-7-8(2)12-10(9(3)11(7)14)6-13(4,5)15-12/h14H,4,6H2,1-3,5H3. The van der Waals surface area contributed by atoms with E-state index in [1.54, 1.807) is 0 Å². The third kappa shape index (κ3) is 1.39. The van der Waals surface area contributed by atoms with Gasteiger partial charge in [0, 0.05) is 12.0 Å². The summed E-state index contributed by atoms with van der Waals surface area (Å²) in [5.74, 6) is 1.31. The maximum atomic E-state index is 9.95. The fourth-order valence-electron chi connectivity index (χ4n) is 2.18. The van der Waals surface area contributed by atoms with Crippen LogP contribution < -0.4 is 4.74 Å². The highest BCUT2D eigenvalue weighted by molar-refractivity contribution is 5.59. The van der Waals surface area contributed by atoms with Gasteiger partial charge in [-0.3, -0.25) is 0 Å². The van der Waals surface area contributed by atoms with Gasteiger partial charge in [-0.05, 0) is 51.3 Å². The van der Waals surface area contributed by atoms with E-state index < -0.39 is 5.60 Å². The molecule has 1 radical (unpaired) electrons. The van der Waals surface area contributed by atoms with Gasteiger partial charge in [-0.1, -0.05) is 0 Å². The van der Waals surface area contributed by atoms with E-state index in [2.05, 4.69) is 6.92 Å². The molecular formula is C13H17O2. The second-order valence-electron chi connectivity index (χ2n) is 4.76. The Morgan fingerprint density at radius 3 is 2.40 bits per heavy atom. The van der Waals surface area contributed by atoms with Crippen molar-refractivity contribution in [1.29, 1.82) is 0 Å². The molecule has 0 spiro atoms. The van der Waals surface area contributed by atoms with Gasteiger partial charge in [-0.25, -0.2) is 0 Å². The third-order valence-corrected chi connectivity index (χ3v) is 3.24. The first-order valence-electron chi connectivity index (χ1n) is 5.19. The van der Waals surface area contributed by atoms with Crippen molar-refractivity contribution in [2.75, 3.05) is 0 Å². The van der Waals surface area contributed by atoms with Gasteiger partial charge in [0.25, 0.3) is 0 Å². The van der Waals surface area contributed by atoms with Crippen molar-refractivity contribution in [3.8, 4) is 11.5 Å². The lowest BCUT2D eigenvalue weighted by Gasteiger charge is -2.17. The molecule has 1 unspecified atom stereocenters. The lowest BCUT2D eigenvalue weighted by molar-refractivity contribution is 0.167. The molecule has 0 aliphatic carbocycles. The Morgan fingerprint density at radius 2 is 1.80 bits per heavy atom. The van der Waals surface area contributed by atoms with Crippen LogP contribution in [-0.4, -0.2) is 10.7 Å². The van der Waals surface area contributed by atoms with E-state index in [1.807, 2.05) is 27.7 Å². The van der Waals surface area contributed by atoms with E-state index in [0.29, 0.717) is 5.75 Å². The smallest absolute Gasteiger partial charge is 0.127 e. The highest BCUT2D eigenvalue weighted by atomic mass is 16.5. The van der Waals surface area contributed by atoms with E-state index in [0.717, 1.165) is 34.4 Å². The molecule has 2 heteroatoms. The second kappa shape index (κ2) is 2.91. The van der Waals surface area contributed by atoms with Gasteiger partial charge in [0.15, 0.2) is 0 Å². The summed E-state index contributed by atoms with van der Waals surface area (Å²) in [5.41, 5.74) is 3.58. The van der Waals surface area contributed by atoms with Crippen LogP contribution >= 0.6 is 0 Å². The average molecular weight is 205 g/mol. The van der Waals surface area contributed by atoms with Crippen molar-refractivity contribution in [2.45, 2.75) is 39.7 Å². The first-order valence-corrected chi connectivity index (χ1v) is 5.19. The van der Waals surface area contributed by atoms with Crippen LogP contribution in [0.25, 0.3) is 0 Å². The fraction of sp³-hybridized carbons (Fsp3) is 0.462. The topological polar surface area (TPSA) is 29.5 Å². The summed E-state index contributed by atoms with van der Waals surface area (Å²) in [5, 5.41) is 9.95. The molecule has 81 valence electrons. The zero-order valence-corrected chi connectivity index (χ0v) is 9.77. The van der Waals surface area contributed by atoms with Crippen LogP contribution in [0.15, 0.2) is 0 Å². The fourth-order valence-corrected chi connectivity index (χ4v) is 2.18. The summed E-state index contributed by atoms with van der Waals surface area (Å²) in [6.07, 6.45) is 0.767. The van der Waals surface area contributed by atoms with Gasteiger partial charge < -0.3 is 9.84 Å². The molecule has 0 saturated carbocycles. The molecule has 0 amide bonds. The summed E-state index contributed by atoms with van der Waals surface area (Å²) >= 11 is 0. The van der Waals surface area contributed by atoms with Crippen molar-refractivity contribution in [3.05, 3.63) is 29.2 Å². The van der Waals surface area contributed by atoms with Crippen molar-refractivity contribution < 1.29 is 9.84 Å². The summed E-state index contributed by atoms with van der Waals surface area (Å²) in [6, 6.07) is 0.